The minimum atomic E-state index is -1.14. The summed E-state index contributed by atoms with van der Waals surface area (Å²) in [4.78, 5) is 26.9. The van der Waals surface area contributed by atoms with Crippen molar-refractivity contribution in [1.29, 1.82) is 0 Å². The van der Waals surface area contributed by atoms with E-state index in [1.807, 2.05) is 30.3 Å². The van der Waals surface area contributed by atoms with Crippen LogP contribution in [0.25, 0.3) is 0 Å². The molecule has 2 aliphatic rings. The molecule has 0 spiro atoms. The average molecular weight is 450 g/mol. The van der Waals surface area contributed by atoms with Gasteiger partial charge in [0.1, 0.15) is 11.0 Å². The number of aliphatic hydroxyl groups is 1. The summed E-state index contributed by atoms with van der Waals surface area (Å²) in [7, 11) is 0. The van der Waals surface area contributed by atoms with Gasteiger partial charge in [0.15, 0.2) is 0 Å². The van der Waals surface area contributed by atoms with Crippen LogP contribution in [0.15, 0.2) is 30.3 Å². The Morgan fingerprint density at radius 1 is 1.23 bits per heavy atom. The third-order valence-corrected chi connectivity index (χ3v) is 7.25. The summed E-state index contributed by atoms with van der Waals surface area (Å²) in [6, 6.07) is 9.23. The van der Waals surface area contributed by atoms with Gasteiger partial charge in [0.2, 0.25) is 0 Å². The van der Waals surface area contributed by atoms with Crippen LogP contribution in [0.4, 0.5) is 4.79 Å². The first-order valence-electron chi connectivity index (χ1n) is 11.7. The van der Waals surface area contributed by atoms with Crippen LogP contribution in [0.5, 0.6) is 0 Å². The van der Waals surface area contributed by atoms with E-state index in [2.05, 4.69) is 6.92 Å². The Balaban J connectivity index is 1.60. The zero-order valence-electron chi connectivity index (χ0n) is 18.9. The van der Waals surface area contributed by atoms with Crippen molar-refractivity contribution >= 4 is 23.6 Å². The van der Waals surface area contributed by atoms with Gasteiger partial charge in [-0.25, -0.2) is 9.69 Å². The molecule has 1 aliphatic carbocycles. The first kappa shape index (κ1) is 24.1. The first-order valence-corrected chi connectivity index (χ1v) is 12.1. The fourth-order valence-electron chi connectivity index (χ4n) is 4.73. The Hall–Kier alpha value is -1.59. The van der Waals surface area contributed by atoms with Crippen LogP contribution >= 0.6 is 11.6 Å². The highest BCUT2D eigenvalue weighted by Gasteiger charge is 2.54. The number of aliphatic hydroxyl groups excluding tert-OH is 1. The van der Waals surface area contributed by atoms with Crippen molar-refractivity contribution < 1.29 is 19.4 Å². The lowest BCUT2D eigenvalue weighted by atomic mass is 9.91. The van der Waals surface area contributed by atoms with Crippen molar-refractivity contribution in [1.82, 2.24) is 4.90 Å². The van der Waals surface area contributed by atoms with Gasteiger partial charge in [0, 0.05) is 0 Å². The molecule has 1 aliphatic heterocycles. The van der Waals surface area contributed by atoms with Crippen molar-refractivity contribution in [2.24, 2.45) is 11.8 Å². The molecular formula is C25H36ClNO4. The molecule has 0 aromatic heterocycles. The standard InChI is InChI=1S/C25H36ClNO4/c1-4-5-6-7-11-14-18-16-19(18)22(28)21(26)23(29)27-20(25(2,3)31-24(27)30)15-17-12-9-8-10-13-17/h8-10,12-13,18-22,28H,4-7,11,14-16H2,1-3H3/t18-,19-,20-,21-,22+/m1/s1. The number of carbonyl (C=O) groups is 2. The second kappa shape index (κ2) is 10.4. The molecule has 5 atom stereocenters. The first-order chi connectivity index (χ1) is 14.8. The Morgan fingerprint density at radius 3 is 2.58 bits per heavy atom. The Labute approximate surface area is 191 Å². The van der Waals surface area contributed by atoms with Crippen LogP contribution in [0.3, 0.4) is 0 Å². The molecule has 2 fully saturated rings. The summed E-state index contributed by atoms with van der Waals surface area (Å²) < 4.78 is 5.51. The number of unbranched alkanes of at least 4 members (excludes halogenated alkanes) is 4. The Bertz CT molecular complexity index is 753. The zero-order chi connectivity index (χ0) is 22.6. The van der Waals surface area contributed by atoms with Gasteiger partial charge < -0.3 is 9.84 Å². The van der Waals surface area contributed by atoms with E-state index in [1.165, 1.54) is 25.7 Å². The second-order valence-electron chi connectivity index (χ2n) is 9.64. The van der Waals surface area contributed by atoms with Gasteiger partial charge in [0.25, 0.3) is 5.91 Å². The molecule has 1 aromatic rings. The highest BCUT2D eigenvalue weighted by atomic mass is 35.5. The van der Waals surface area contributed by atoms with E-state index >= 15 is 0 Å². The minimum absolute atomic E-state index is 0.0387. The number of cyclic esters (lactones) is 1. The summed E-state index contributed by atoms with van der Waals surface area (Å²) >= 11 is 6.44. The largest absolute Gasteiger partial charge is 0.441 e. The number of alkyl halides is 1. The number of carbonyl (C=O) groups excluding carboxylic acids is 2. The second-order valence-corrected chi connectivity index (χ2v) is 10.1. The third-order valence-electron chi connectivity index (χ3n) is 6.80. The van der Waals surface area contributed by atoms with E-state index in [0.29, 0.717) is 12.3 Å². The fraction of sp³-hybridized carbons (Fsp3) is 0.680. The number of hydrogen-bond acceptors (Lipinski definition) is 4. The number of imide groups is 1. The Morgan fingerprint density at radius 2 is 1.90 bits per heavy atom. The zero-order valence-corrected chi connectivity index (χ0v) is 19.7. The van der Waals surface area contributed by atoms with E-state index in [9.17, 15) is 14.7 Å². The SMILES string of the molecule is CCCCCCC[C@@H]1C[C@H]1[C@H](O)[C@@H](Cl)C(=O)N1C(=O)OC(C)(C)[C@H]1Cc1ccccc1. The van der Waals surface area contributed by atoms with Gasteiger partial charge in [-0.05, 0) is 44.1 Å². The van der Waals surface area contributed by atoms with Crippen LogP contribution in [-0.4, -0.2) is 45.1 Å². The highest BCUT2D eigenvalue weighted by Crippen LogP contribution is 2.47. The summed E-state index contributed by atoms with van der Waals surface area (Å²) in [6.07, 6.45) is 6.93. The van der Waals surface area contributed by atoms with E-state index < -0.39 is 35.1 Å². The van der Waals surface area contributed by atoms with E-state index in [1.54, 1.807) is 13.8 Å². The van der Waals surface area contributed by atoms with Gasteiger partial charge in [-0.3, -0.25) is 4.79 Å². The lowest BCUT2D eigenvalue weighted by Gasteiger charge is -2.29. The number of halogens is 1. The van der Waals surface area contributed by atoms with Crippen molar-refractivity contribution in [3.63, 3.8) is 0 Å². The van der Waals surface area contributed by atoms with Gasteiger partial charge >= 0.3 is 6.09 Å². The van der Waals surface area contributed by atoms with E-state index in [4.69, 9.17) is 16.3 Å². The van der Waals surface area contributed by atoms with Crippen molar-refractivity contribution in [2.75, 3.05) is 0 Å². The van der Waals surface area contributed by atoms with Crippen LogP contribution in [0, 0.1) is 11.8 Å². The molecule has 0 unspecified atom stereocenters. The van der Waals surface area contributed by atoms with Gasteiger partial charge in [-0.15, -0.1) is 11.6 Å². The lowest BCUT2D eigenvalue weighted by Crippen LogP contribution is -2.51. The predicted octanol–water partition coefficient (Wildman–Crippen LogP) is 5.32. The lowest BCUT2D eigenvalue weighted by molar-refractivity contribution is -0.131. The van der Waals surface area contributed by atoms with Crippen molar-refractivity contribution in [3.8, 4) is 0 Å². The maximum Gasteiger partial charge on any atom is 0.417 e. The monoisotopic (exact) mass is 449 g/mol. The number of hydrogen-bond donors (Lipinski definition) is 1. The van der Waals surface area contributed by atoms with Crippen molar-refractivity contribution in [2.45, 2.75) is 95.3 Å². The molecule has 1 saturated carbocycles. The van der Waals surface area contributed by atoms with Crippen LogP contribution < -0.4 is 0 Å². The molecule has 172 valence electrons. The summed E-state index contributed by atoms with van der Waals surface area (Å²) in [5.74, 6) is -0.0936. The molecule has 5 nitrogen and oxygen atoms in total. The van der Waals surface area contributed by atoms with Crippen LogP contribution in [0.1, 0.15) is 71.3 Å². The number of amides is 2. The molecule has 1 aromatic carbocycles. The van der Waals surface area contributed by atoms with Gasteiger partial charge in [0.05, 0.1) is 12.1 Å². The minimum Gasteiger partial charge on any atom is -0.441 e. The third kappa shape index (κ3) is 5.81. The molecule has 2 amide bonds. The number of benzene rings is 1. The number of rotatable bonds is 11. The molecule has 0 radical (unpaired) electrons. The molecule has 1 saturated heterocycles. The molecule has 1 heterocycles. The molecule has 6 heteroatoms. The van der Waals surface area contributed by atoms with Gasteiger partial charge in [-0.1, -0.05) is 75.8 Å². The topological polar surface area (TPSA) is 66.8 Å². The smallest absolute Gasteiger partial charge is 0.417 e. The van der Waals surface area contributed by atoms with Gasteiger partial charge in [-0.2, -0.15) is 0 Å². The van der Waals surface area contributed by atoms with Crippen molar-refractivity contribution in [3.05, 3.63) is 35.9 Å². The number of nitrogens with zero attached hydrogens (tertiary/aromatic N) is 1. The number of ether oxygens (including phenoxy) is 1. The molecule has 0 bridgehead atoms. The van der Waals surface area contributed by atoms with Crippen LogP contribution in [-0.2, 0) is 16.0 Å². The molecular weight excluding hydrogens is 414 g/mol. The molecule has 3 rings (SSSR count). The maximum atomic E-state index is 13.2. The maximum absolute atomic E-state index is 13.2. The predicted molar refractivity (Wildman–Crippen MR) is 122 cm³/mol. The summed E-state index contributed by atoms with van der Waals surface area (Å²) in [5, 5.41) is 9.62. The quantitative estimate of drug-likeness (QED) is 0.366. The highest BCUT2D eigenvalue weighted by molar-refractivity contribution is 6.32. The van der Waals surface area contributed by atoms with Crippen LogP contribution in [0.2, 0.25) is 0 Å². The average Bonchev–Trinajstić information content (AvgIpc) is 3.47. The van der Waals surface area contributed by atoms with E-state index in [0.717, 1.165) is 29.7 Å². The van der Waals surface area contributed by atoms with E-state index in [-0.39, 0.29) is 5.92 Å². The summed E-state index contributed by atoms with van der Waals surface area (Å²) in [6.45, 7) is 5.81. The molecule has 31 heavy (non-hydrogen) atoms. The molecule has 1 N–H and O–H groups in total. The Kier molecular flexibility index (Phi) is 8.03. The summed E-state index contributed by atoms with van der Waals surface area (Å²) in [5.41, 5.74) is 0.179. The fourth-order valence-corrected chi connectivity index (χ4v) is 5.02. The normalized spacial score (nSPS) is 26.4.